The van der Waals surface area contributed by atoms with Gasteiger partial charge in [0.25, 0.3) is 5.91 Å². The summed E-state index contributed by atoms with van der Waals surface area (Å²) in [6.45, 7) is 4.95. The van der Waals surface area contributed by atoms with Crippen molar-refractivity contribution >= 4 is 22.8 Å². The van der Waals surface area contributed by atoms with Gasteiger partial charge in [-0.25, -0.2) is 9.48 Å². The van der Waals surface area contributed by atoms with Crippen LogP contribution < -0.4 is 5.32 Å². The largest absolute Gasteiger partial charge is 0.480 e. The number of carbonyl (C=O) groups is 2. The van der Waals surface area contributed by atoms with Gasteiger partial charge in [0.1, 0.15) is 5.69 Å². The van der Waals surface area contributed by atoms with Crippen molar-refractivity contribution in [3.05, 3.63) is 30.1 Å². The minimum Gasteiger partial charge on any atom is -0.480 e. The fourth-order valence-corrected chi connectivity index (χ4v) is 4.75. The SMILES string of the molecule is CCC(C(=O)O)n1cc(-c2ccc3c(C(=O)N[C@H]4CN5CCC4CC5)n[nH]c3c2)nn1. The molecule has 1 aromatic carbocycles. The van der Waals surface area contributed by atoms with Crippen LogP contribution in [0, 0.1) is 5.92 Å². The van der Waals surface area contributed by atoms with Gasteiger partial charge >= 0.3 is 5.97 Å². The van der Waals surface area contributed by atoms with E-state index in [2.05, 4.69) is 30.7 Å². The third-order valence-electron chi connectivity index (χ3n) is 6.55. The molecule has 3 fully saturated rings. The molecule has 10 heteroatoms. The van der Waals surface area contributed by atoms with Gasteiger partial charge < -0.3 is 15.3 Å². The van der Waals surface area contributed by atoms with Crippen molar-refractivity contribution in [3.8, 4) is 11.3 Å². The lowest BCUT2D eigenvalue weighted by molar-refractivity contribution is -0.141. The van der Waals surface area contributed by atoms with E-state index >= 15 is 0 Å². The summed E-state index contributed by atoms with van der Waals surface area (Å²) in [5.41, 5.74) is 2.44. The number of carboxylic acids is 1. The maximum atomic E-state index is 12.9. The van der Waals surface area contributed by atoms with E-state index < -0.39 is 12.0 Å². The maximum Gasteiger partial charge on any atom is 0.328 e. The average molecular weight is 423 g/mol. The van der Waals surface area contributed by atoms with Crippen LogP contribution in [0.2, 0.25) is 0 Å². The summed E-state index contributed by atoms with van der Waals surface area (Å²) in [6, 6.07) is 4.96. The van der Waals surface area contributed by atoms with Gasteiger partial charge in [0.15, 0.2) is 11.7 Å². The monoisotopic (exact) mass is 423 g/mol. The van der Waals surface area contributed by atoms with Crippen LogP contribution in [0.5, 0.6) is 0 Å². The van der Waals surface area contributed by atoms with Crippen LogP contribution in [0.1, 0.15) is 42.7 Å². The second-order valence-corrected chi connectivity index (χ2v) is 8.40. The van der Waals surface area contributed by atoms with E-state index in [0.717, 1.165) is 48.9 Å². The van der Waals surface area contributed by atoms with Crippen LogP contribution in [0.15, 0.2) is 24.4 Å². The highest BCUT2D eigenvalue weighted by molar-refractivity contribution is 6.05. The molecule has 0 aliphatic carbocycles. The Morgan fingerprint density at radius 1 is 1.32 bits per heavy atom. The zero-order chi connectivity index (χ0) is 21.5. The van der Waals surface area contributed by atoms with Crippen molar-refractivity contribution in [1.29, 1.82) is 0 Å². The number of hydrogen-bond donors (Lipinski definition) is 3. The van der Waals surface area contributed by atoms with E-state index in [1.54, 1.807) is 13.1 Å². The Morgan fingerprint density at radius 2 is 2.13 bits per heavy atom. The Hall–Kier alpha value is -3.27. The number of aliphatic carboxylic acids is 1. The van der Waals surface area contributed by atoms with Crippen LogP contribution >= 0.6 is 0 Å². The Balaban J connectivity index is 1.36. The summed E-state index contributed by atoms with van der Waals surface area (Å²) in [7, 11) is 0. The number of fused-ring (bicyclic) bond motifs is 4. The molecule has 0 spiro atoms. The van der Waals surface area contributed by atoms with Crippen molar-refractivity contribution < 1.29 is 14.7 Å². The molecule has 2 bridgehead atoms. The topological polar surface area (TPSA) is 129 Å². The fraction of sp³-hybridized carbons (Fsp3) is 0.476. The number of amides is 1. The molecule has 2 atom stereocenters. The van der Waals surface area contributed by atoms with Crippen LogP contribution in [-0.4, -0.2) is 72.8 Å². The Labute approximate surface area is 178 Å². The molecule has 3 aromatic rings. The lowest BCUT2D eigenvalue weighted by Crippen LogP contribution is -2.57. The third kappa shape index (κ3) is 3.56. The van der Waals surface area contributed by atoms with E-state index in [1.165, 1.54) is 4.68 Å². The predicted molar refractivity (Wildman–Crippen MR) is 112 cm³/mol. The molecule has 31 heavy (non-hydrogen) atoms. The number of H-pyrrole nitrogens is 1. The minimum atomic E-state index is -0.943. The Bertz CT molecular complexity index is 1130. The molecule has 1 amide bonds. The number of aromatic nitrogens is 5. The number of rotatable bonds is 6. The van der Waals surface area contributed by atoms with Crippen LogP contribution in [-0.2, 0) is 4.79 Å². The van der Waals surface area contributed by atoms with E-state index in [4.69, 9.17) is 0 Å². The number of nitrogens with zero attached hydrogens (tertiary/aromatic N) is 5. The molecule has 3 aliphatic heterocycles. The predicted octanol–water partition coefficient (Wildman–Crippen LogP) is 1.68. The first-order chi connectivity index (χ1) is 15.0. The number of carbonyl (C=O) groups excluding carboxylic acids is 1. The first-order valence-corrected chi connectivity index (χ1v) is 10.7. The van der Waals surface area contributed by atoms with Gasteiger partial charge in [-0.1, -0.05) is 18.2 Å². The highest BCUT2D eigenvalue weighted by atomic mass is 16.4. The Morgan fingerprint density at radius 3 is 2.81 bits per heavy atom. The lowest BCUT2D eigenvalue weighted by atomic mass is 9.84. The fourth-order valence-electron chi connectivity index (χ4n) is 4.75. The van der Waals surface area contributed by atoms with Crippen LogP contribution in [0.4, 0.5) is 0 Å². The molecule has 3 aliphatic rings. The second-order valence-electron chi connectivity index (χ2n) is 8.40. The molecular formula is C21H25N7O3. The lowest BCUT2D eigenvalue weighted by Gasteiger charge is -2.44. The number of aromatic amines is 1. The normalized spacial score (nSPS) is 23.7. The summed E-state index contributed by atoms with van der Waals surface area (Å²) in [5, 5.41) is 28.5. The zero-order valence-corrected chi connectivity index (χ0v) is 17.3. The van der Waals surface area contributed by atoms with Gasteiger partial charge in [0.2, 0.25) is 0 Å². The molecule has 3 N–H and O–H groups in total. The standard InChI is InChI=1S/C21H25N7O3/c1-2-18(21(30)31)28-11-17(24-26-28)13-3-4-14-15(9-13)23-25-19(14)20(29)22-16-10-27-7-5-12(16)6-8-27/h3-4,9,11-12,16,18H,2,5-8,10H2,1H3,(H,22,29)(H,23,25)(H,30,31)/t16-,18?/m0/s1. The molecule has 10 nitrogen and oxygen atoms in total. The molecule has 0 saturated carbocycles. The number of carboxylic acid groups (broad SMARTS) is 1. The average Bonchev–Trinajstić information content (AvgIpc) is 3.42. The van der Waals surface area contributed by atoms with Gasteiger partial charge in [0, 0.05) is 23.5 Å². The zero-order valence-electron chi connectivity index (χ0n) is 17.3. The third-order valence-corrected chi connectivity index (χ3v) is 6.55. The van der Waals surface area contributed by atoms with Crippen molar-refractivity contribution in [2.45, 2.75) is 38.3 Å². The first kappa shape index (κ1) is 19.7. The Kier molecular flexibility index (Phi) is 4.93. The molecule has 1 unspecified atom stereocenters. The van der Waals surface area contributed by atoms with E-state index in [-0.39, 0.29) is 11.9 Å². The summed E-state index contributed by atoms with van der Waals surface area (Å²) >= 11 is 0. The molecule has 162 valence electrons. The smallest absolute Gasteiger partial charge is 0.328 e. The minimum absolute atomic E-state index is 0.157. The molecule has 0 radical (unpaired) electrons. The van der Waals surface area contributed by atoms with E-state index in [1.807, 2.05) is 18.2 Å². The van der Waals surface area contributed by atoms with Gasteiger partial charge in [0.05, 0.1) is 11.7 Å². The van der Waals surface area contributed by atoms with E-state index in [0.29, 0.717) is 23.7 Å². The summed E-state index contributed by atoms with van der Waals surface area (Å²) < 4.78 is 1.36. The van der Waals surface area contributed by atoms with Gasteiger partial charge in [-0.3, -0.25) is 9.89 Å². The van der Waals surface area contributed by atoms with Crippen molar-refractivity contribution in [2.75, 3.05) is 19.6 Å². The summed E-state index contributed by atoms with van der Waals surface area (Å²) in [6.07, 6.45) is 4.31. The molecular weight excluding hydrogens is 398 g/mol. The molecule has 3 saturated heterocycles. The highest BCUT2D eigenvalue weighted by Gasteiger charge is 2.35. The summed E-state index contributed by atoms with van der Waals surface area (Å²) in [4.78, 5) is 26.7. The molecule has 6 rings (SSSR count). The highest BCUT2D eigenvalue weighted by Crippen LogP contribution is 2.28. The molecule has 2 aromatic heterocycles. The number of hydrogen-bond acceptors (Lipinski definition) is 6. The second kappa shape index (κ2) is 7.77. The van der Waals surface area contributed by atoms with Crippen molar-refractivity contribution in [3.63, 3.8) is 0 Å². The van der Waals surface area contributed by atoms with Gasteiger partial charge in [-0.05, 0) is 50.4 Å². The molecule has 5 heterocycles. The number of piperidine rings is 3. The van der Waals surface area contributed by atoms with Crippen LogP contribution in [0.25, 0.3) is 22.2 Å². The summed E-state index contributed by atoms with van der Waals surface area (Å²) in [5.74, 6) is -0.552. The van der Waals surface area contributed by atoms with Crippen molar-refractivity contribution in [1.82, 2.24) is 35.4 Å². The quantitative estimate of drug-likeness (QED) is 0.550. The number of benzene rings is 1. The van der Waals surface area contributed by atoms with Crippen LogP contribution in [0.3, 0.4) is 0 Å². The maximum absolute atomic E-state index is 12.9. The van der Waals surface area contributed by atoms with E-state index in [9.17, 15) is 14.7 Å². The van der Waals surface area contributed by atoms with Gasteiger partial charge in [-0.15, -0.1) is 5.10 Å². The first-order valence-electron chi connectivity index (χ1n) is 10.7. The van der Waals surface area contributed by atoms with Gasteiger partial charge in [-0.2, -0.15) is 5.10 Å². The number of nitrogens with one attached hydrogen (secondary N) is 2. The van der Waals surface area contributed by atoms with Crippen molar-refractivity contribution in [2.24, 2.45) is 5.92 Å².